The molecule has 0 spiro atoms. The molecule has 0 bridgehead atoms. The summed E-state index contributed by atoms with van der Waals surface area (Å²) in [5.41, 5.74) is 0.450. The lowest BCUT2D eigenvalue weighted by atomic mass is 9.88. The van der Waals surface area contributed by atoms with E-state index in [1.54, 1.807) is 0 Å². The van der Waals surface area contributed by atoms with Crippen LogP contribution in [0, 0.1) is 5.92 Å². The lowest BCUT2D eigenvalue weighted by Gasteiger charge is -2.20. The Hall–Kier alpha value is -2.17. The molecular formula is C11H9NO4. The van der Waals surface area contributed by atoms with Crippen LogP contribution in [0.25, 0.3) is 0 Å². The molecule has 1 N–H and O–H groups in total. The Labute approximate surface area is 91.4 Å². The number of carboxylic acids is 1. The highest BCUT2D eigenvalue weighted by atomic mass is 16.5. The van der Waals surface area contributed by atoms with Crippen molar-refractivity contribution in [2.45, 2.75) is 0 Å². The fourth-order valence-corrected chi connectivity index (χ4v) is 1.63. The van der Waals surface area contributed by atoms with E-state index in [1.807, 2.05) is 0 Å². The fourth-order valence-electron chi connectivity index (χ4n) is 1.63. The van der Waals surface area contributed by atoms with Crippen molar-refractivity contribution in [2.75, 3.05) is 7.11 Å². The topological polar surface area (TPSA) is 76.0 Å². The minimum atomic E-state index is -1.10. The summed E-state index contributed by atoms with van der Waals surface area (Å²) < 4.78 is 4.94. The number of ether oxygens (including phenoxy) is 1. The first-order valence-corrected chi connectivity index (χ1v) is 4.62. The molecule has 0 aromatic rings. The summed E-state index contributed by atoms with van der Waals surface area (Å²) in [7, 11) is 1.37. The average molecular weight is 219 g/mol. The van der Waals surface area contributed by atoms with Crippen LogP contribution in [-0.4, -0.2) is 29.7 Å². The first kappa shape index (κ1) is 10.4. The molecule has 2 rings (SSSR count). The molecule has 1 atom stereocenters. The zero-order valence-corrected chi connectivity index (χ0v) is 8.51. The van der Waals surface area contributed by atoms with Crippen molar-refractivity contribution >= 4 is 17.5 Å². The molecular weight excluding hydrogens is 210 g/mol. The van der Waals surface area contributed by atoms with Gasteiger partial charge in [-0.05, 0) is 12.2 Å². The Bertz CT molecular complexity index is 482. The summed E-state index contributed by atoms with van der Waals surface area (Å²) in [5.74, 6) is -1.56. The maximum absolute atomic E-state index is 11.5. The van der Waals surface area contributed by atoms with Gasteiger partial charge >= 0.3 is 5.97 Å². The fraction of sp³-hybridized carbons (Fsp3) is 0.182. The summed E-state index contributed by atoms with van der Waals surface area (Å²) in [4.78, 5) is 26.4. The number of aliphatic imine (C=N–C) groups is 1. The second-order valence-electron chi connectivity index (χ2n) is 3.35. The van der Waals surface area contributed by atoms with Gasteiger partial charge in [-0.15, -0.1) is 0 Å². The highest BCUT2D eigenvalue weighted by Crippen LogP contribution is 2.25. The second-order valence-corrected chi connectivity index (χ2v) is 3.35. The number of aliphatic carboxylic acids is 1. The van der Waals surface area contributed by atoms with Crippen molar-refractivity contribution in [2.24, 2.45) is 10.9 Å². The number of carbonyl (C=O) groups excluding carboxylic acids is 1. The van der Waals surface area contributed by atoms with Gasteiger partial charge in [0.25, 0.3) is 0 Å². The largest absolute Gasteiger partial charge is 0.496 e. The van der Waals surface area contributed by atoms with E-state index >= 15 is 0 Å². The van der Waals surface area contributed by atoms with Crippen molar-refractivity contribution in [1.82, 2.24) is 0 Å². The summed E-state index contributed by atoms with van der Waals surface area (Å²) >= 11 is 0. The molecule has 0 saturated heterocycles. The molecule has 0 saturated carbocycles. The lowest BCUT2D eigenvalue weighted by molar-refractivity contribution is -0.132. The Morgan fingerprint density at radius 3 is 2.94 bits per heavy atom. The van der Waals surface area contributed by atoms with Gasteiger partial charge in [0, 0.05) is 12.3 Å². The molecule has 0 radical (unpaired) electrons. The number of rotatable bonds is 2. The summed E-state index contributed by atoms with van der Waals surface area (Å²) in [6.45, 7) is 0. The van der Waals surface area contributed by atoms with E-state index in [9.17, 15) is 9.59 Å². The zero-order valence-electron chi connectivity index (χ0n) is 8.51. The quantitative estimate of drug-likeness (QED) is 0.741. The second kappa shape index (κ2) is 3.77. The lowest BCUT2D eigenvalue weighted by Crippen LogP contribution is -2.27. The Balaban J connectivity index is 2.48. The van der Waals surface area contributed by atoms with Crippen LogP contribution in [0.5, 0.6) is 0 Å². The maximum atomic E-state index is 11.5. The molecule has 0 aromatic heterocycles. The van der Waals surface area contributed by atoms with Crippen LogP contribution < -0.4 is 0 Å². The minimum absolute atomic E-state index is 0.0144. The Morgan fingerprint density at radius 2 is 2.31 bits per heavy atom. The molecule has 2 aliphatic rings. The van der Waals surface area contributed by atoms with E-state index in [-0.39, 0.29) is 17.1 Å². The highest BCUT2D eigenvalue weighted by molar-refractivity contribution is 6.20. The summed E-state index contributed by atoms with van der Waals surface area (Å²) in [6, 6.07) is 0. The van der Waals surface area contributed by atoms with E-state index in [1.165, 1.54) is 31.5 Å². The van der Waals surface area contributed by atoms with Crippen molar-refractivity contribution in [3.8, 4) is 0 Å². The van der Waals surface area contributed by atoms with Crippen LogP contribution in [0.2, 0.25) is 0 Å². The van der Waals surface area contributed by atoms with E-state index in [4.69, 9.17) is 9.84 Å². The average Bonchev–Trinajstić information content (AvgIpc) is 2.28. The smallest absolute Gasteiger partial charge is 0.339 e. The SMILES string of the molecule is COC1=CC2C(=O)C=CN=C2C=C1C(=O)O. The molecule has 1 aliphatic carbocycles. The predicted molar refractivity (Wildman–Crippen MR) is 55.9 cm³/mol. The van der Waals surface area contributed by atoms with Crippen LogP contribution in [0.3, 0.4) is 0 Å². The van der Waals surface area contributed by atoms with E-state index in [2.05, 4.69) is 4.99 Å². The first-order chi connectivity index (χ1) is 7.63. The van der Waals surface area contributed by atoms with Crippen molar-refractivity contribution in [3.05, 3.63) is 35.8 Å². The molecule has 16 heavy (non-hydrogen) atoms. The third-order valence-electron chi connectivity index (χ3n) is 2.41. The van der Waals surface area contributed by atoms with Gasteiger partial charge in [0.15, 0.2) is 5.78 Å². The number of fused-ring (bicyclic) bond motifs is 1. The van der Waals surface area contributed by atoms with Gasteiger partial charge < -0.3 is 9.84 Å². The Morgan fingerprint density at radius 1 is 1.56 bits per heavy atom. The molecule has 5 nitrogen and oxygen atoms in total. The van der Waals surface area contributed by atoms with E-state index in [0.717, 1.165) is 0 Å². The number of hydrogen-bond donors (Lipinski definition) is 1. The number of ketones is 1. The number of carboxylic acid groups (broad SMARTS) is 1. The molecule has 0 fully saturated rings. The molecule has 5 heteroatoms. The minimum Gasteiger partial charge on any atom is -0.496 e. The molecule has 0 amide bonds. The van der Waals surface area contributed by atoms with Gasteiger partial charge in [-0.2, -0.15) is 0 Å². The van der Waals surface area contributed by atoms with Crippen LogP contribution >= 0.6 is 0 Å². The normalized spacial score (nSPS) is 22.9. The number of hydrogen-bond acceptors (Lipinski definition) is 4. The van der Waals surface area contributed by atoms with Gasteiger partial charge in [0.2, 0.25) is 0 Å². The summed E-state index contributed by atoms with van der Waals surface area (Å²) in [5, 5.41) is 8.95. The molecule has 0 aromatic carbocycles. The Kier molecular flexibility index (Phi) is 2.44. The molecule has 1 unspecified atom stereocenters. The predicted octanol–water partition coefficient (Wildman–Crippen LogP) is 0.695. The third kappa shape index (κ3) is 1.56. The van der Waals surface area contributed by atoms with Gasteiger partial charge in [0.1, 0.15) is 11.3 Å². The van der Waals surface area contributed by atoms with Crippen LogP contribution in [0.1, 0.15) is 0 Å². The van der Waals surface area contributed by atoms with Crippen molar-refractivity contribution in [1.29, 1.82) is 0 Å². The van der Waals surface area contributed by atoms with Gasteiger partial charge in [0.05, 0.1) is 18.7 Å². The van der Waals surface area contributed by atoms with Crippen molar-refractivity contribution < 1.29 is 19.4 Å². The summed E-state index contributed by atoms with van der Waals surface area (Å²) in [6.07, 6.45) is 5.58. The third-order valence-corrected chi connectivity index (χ3v) is 2.41. The molecule has 1 aliphatic heterocycles. The van der Waals surface area contributed by atoms with Crippen LogP contribution in [-0.2, 0) is 14.3 Å². The van der Waals surface area contributed by atoms with Gasteiger partial charge in [-0.25, -0.2) is 4.79 Å². The number of carbonyl (C=O) groups is 2. The monoisotopic (exact) mass is 219 g/mol. The van der Waals surface area contributed by atoms with Crippen molar-refractivity contribution in [3.63, 3.8) is 0 Å². The van der Waals surface area contributed by atoms with E-state index < -0.39 is 11.9 Å². The number of methoxy groups -OCH3 is 1. The van der Waals surface area contributed by atoms with Gasteiger partial charge in [-0.1, -0.05) is 0 Å². The number of allylic oxidation sites excluding steroid dienone is 3. The van der Waals surface area contributed by atoms with E-state index in [0.29, 0.717) is 5.71 Å². The molecule has 82 valence electrons. The van der Waals surface area contributed by atoms with Crippen LogP contribution in [0.15, 0.2) is 40.8 Å². The highest BCUT2D eigenvalue weighted by Gasteiger charge is 2.30. The zero-order chi connectivity index (χ0) is 11.7. The number of nitrogens with zero attached hydrogens (tertiary/aromatic N) is 1. The molecule has 1 heterocycles. The van der Waals surface area contributed by atoms with Gasteiger partial charge in [-0.3, -0.25) is 9.79 Å². The van der Waals surface area contributed by atoms with Crippen LogP contribution in [0.4, 0.5) is 0 Å². The standard InChI is InChI=1S/C11H9NO4/c1-16-10-5-6-8(4-7(10)11(14)15)12-3-2-9(6)13/h2-6H,1H3,(H,14,15). The maximum Gasteiger partial charge on any atom is 0.339 e. The first-order valence-electron chi connectivity index (χ1n) is 4.62.